The Bertz CT molecular complexity index is 1060. The predicted octanol–water partition coefficient (Wildman–Crippen LogP) is 3.35. The Balaban J connectivity index is 1.28. The lowest BCUT2D eigenvalue weighted by Gasteiger charge is -2.38. The maximum Gasteiger partial charge on any atom is 0.231 e. The van der Waals surface area contributed by atoms with Gasteiger partial charge in [0, 0.05) is 38.3 Å². The highest BCUT2D eigenvalue weighted by atomic mass is 79.9. The van der Waals surface area contributed by atoms with Crippen molar-refractivity contribution in [1.29, 1.82) is 0 Å². The lowest BCUT2D eigenvalue weighted by molar-refractivity contribution is -0.133. The Morgan fingerprint density at radius 2 is 2.03 bits per heavy atom. The molecule has 3 atom stereocenters. The molecular formula is C25H31BrFN5O2. The van der Waals surface area contributed by atoms with Crippen molar-refractivity contribution in [3.05, 3.63) is 51.6 Å². The summed E-state index contributed by atoms with van der Waals surface area (Å²) in [5.41, 5.74) is 2.46. The number of halogens is 2. The van der Waals surface area contributed by atoms with Crippen LogP contribution in [-0.2, 0) is 4.79 Å². The van der Waals surface area contributed by atoms with Gasteiger partial charge in [-0.25, -0.2) is 14.4 Å². The zero-order chi connectivity index (χ0) is 23.8. The molecule has 9 heteroatoms. The third kappa shape index (κ3) is 4.83. The summed E-state index contributed by atoms with van der Waals surface area (Å²) in [7, 11) is 0. The Labute approximate surface area is 207 Å². The van der Waals surface area contributed by atoms with E-state index in [-0.39, 0.29) is 17.6 Å². The van der Waals surface area contributed by atoms with Gasteiger partial charge in [0.25, 0.3) is 0 Å². The van der Waals surface area contributed by atoms with Gasteiger partial charge in [-0.05, 0) is 71.3 Å². The first-order chi connectivity index (χ1) is 16.4. The van der Waals surface area contributed by atoms with Crippen LogP contribution in [0.3, 0.4) is 0 Å². The van der Waals surface area contributed by atoms with Crippen LogP contribution in [0.4, 0.5) is 10.2 Å². The van der Waals surface area contributed by atoms with Gasteiger partial charge in [0.2, 0.25) is 5.91 Å². The Morgan fingerprint density at radius 1 is 1.26 bits per heavy atom. The SMILES string of the molecule is CC1C[C@H](O)c2ncnc(N3CCN(C(=O)[C@H](CNCC4CC4)c4ccc(Br)c(F)c4)CC3)c21. The summed E-state index contributed by atoms with van der Waals surface area (Å²) >= 11 is 3.21. The second-order valence-corrected chi connectivity index (χ2v) is 10.6. The largest absolute Gasteiger partial charge is 0.387 e. The molecule has 34 heavy (non-hydrogen) atoms. The first kappa shape index (κ1) is 23.6. The maximum atomic E-state index is 14.3. The van der Waals surface area contributed by atoms with Crippen molar-refractivity contribution in [3.63, 3.8) is 0 Å². The minimum Gasteiger partial charge on any atom is -0.387 e. The number of piperazine rings is 1. The zero-order valence-electron chi connectivity index (χ0n) is 19.4. The lowest BCUT2D eigenvalue weighted by Crippen LogP contribution is -2.51. The van der Waals surface area contributed by atoms with E-state index in [1.165, 1.54) is 25.2 Å². The predicted molar refractivity (Wildman–Crippen MR) is 131 cm³/mol. The molecule has 182 valence electrons. The Kier molecular flexibility index (Phi) is 6.86. The van der Waals surface area contributed by atoms with E-state index in [1.807, 2.05) is 11.0 Å². The monoisotopic (exact) mass is 531 g/mol. The van der Waals surface area contributed by atoms with E-state index in [2.05, 4.69) is 43.0 Å². The van der Waals surface area contributed by atoms with E-state index in [0.717, 1.165) is 23.6 Å². The summed E-state index contributed by atoms with van der Waals surface area (Å²) in [6, 6.07) is 4.98. The van der Waals surface area contributed by atoms with Crippen molar-refractivity contribution in [3.8, 4) is 0 Å². The van der Waals surface area contributed by atoms with Crippen LogP contribution in [0, 0.1) is 11.7 Å². The van der Waals surface area contributed by atoms with Gasteiger partial charge in [0.15, 0.2) is 0 Å². The van der Waals surface area contributed by atoms with Gasteiger partial charge in [-0.1, -0.05) is 13.0 Å². The fourth-order valence-electron chi connectivity index (χ4n) is 5.14. The summed E-state index contributed by atoms with van der Waals surface area (Å²) in [6.07, 6.45) is 4.13. The lowest BCUT2D eigenvalue weighted by atomic mass is 9.96. The van der Waals surface area contributed by atoms with E-state index in [0.29, 0.717) is 55.1 Å². The molecule has 2 heterocycles. The van der Waals surface area contributed by atoms with E-state index in [1.54, 1.807) is 6.07 Å². The maximum absolute atomic E-state index is 14.3. The standard InChI is InChI=1S/C25H31BrFN5O2/c1-15-10-21(33)23-22(15)24(30-14-29-23)31-6-8-32(9-7-31)25(34)18(13-28-12-16-2-3-16)17-4-5-19(26)20(27)11-17/h4-5,11,14-16,18,21,28,33H,2-3,6-10,12-13H2,1H3/t15?,18-,21+/m1/s1. The number of amides is 1. The second-order valence-electron chi connectivity index (χ2n) is 9.79. The quantitative estimate of drug-likeness (QED) is 0.570. The van der Waals surface area contributed by atoms with E-state index < -0.39 is 12.0 Å². The van der Waals surface area contributed by atoms with Crippen molar-refractivity contribution in [2.45, 2.75) is 44.1 Å². The van der Waals surface area contributed by atoms with Gasteiger partial charge in [0.05, 0.1) is 22.2 Å². The van der Waals surface area contributed by atoms with Crippen LogP contribution in [0.15, 0.2) is 29.0 Å². The first-order valence-corrected chi connectivity index (χ1v) is 12.9. The highest BCUT2D eigenvalue weighted by molar-refractivity contribution is 9.10. The van der Waals surface area contributed by atoms with Gasteiger partial charge < -0.3 is 20.2 Å². The number of fused-ring (bicyclic) bond motifs is 1. The number of rotatable bonds is 7. The van der Waals surface area contributed by atoms with Crippen molar-refractivity contribution < 1.29 is 14.3 Å². The number of aliphatic hydroxyl groups is 1. The molecule has 0 bridgehead atoms. The summed E-state index contributed by atoms with van der Waals surface area (Å²) in [6.45, 7) is 5.98. The minimum atomic E-state index is -0.537. The van der Waals surface area contributed by atoms with Gasteiger partial charge in [-0.2, -0.15) is 0 Å². The number of nitrogens with one attached hydrogen (secondary N) is 1. The van der Waals surface area contributed by atoms with E-state index >= 15 is 0 Å². The number of nitrogens with zero attached hydrogens (tertiary/aromatic N) is 4. The molecule has 3 aliphatic rings. The molecule has 1 amide bonds. The highest BCUT2D eigenvalue weighted by Crippen LogP contribution is 2.42. The minimum absolute atomic E-state index is 0.0291. The van der Waals surface area contributed by atoms with Crippen molar-refractivity contribution in [2.75, 3.05) is 44.2 Å². The smallest absolute Gasteiger partial charge is 0.231 e. The number of aliphatic hydroxyl groups excluding tert-OH is 1. The fraction of sp³-hybridized carbons (Fsp3) is 0.560. The Hall–Kier alpha value is -2.10. The topological polar surface area (TPSA) is 81.6 Å². The second kappa shape index (κ2) is 9.87. The molecule has 1 unspecified atom stereocenters. The number of hydrogen-bond donors (Lipinski definition) is 2. The molecule has 1 saturated heterocycles. The molecule has 1 aliphatic heterocycles. The van der Waals surface area contributed by atoms with Crippen molar-refractivity contribution in [1.82, 2.24) is 20.2 Å². The van der Waals surface area contributed by atoms with E-state index in [9.17, 15) is 14.3 Å². The first-order valence-electron chi connectivity index (χ1n) is 12.1. The number of carbonyl (C=O) groups is 1. The van der Waals surface area contributed by atoms with Gasteiger partial charge in [0.1, 0.15) is 18.0 Å². The number of aromatic nitrogens is 2. The van der Waals surface area contributed by atoms with Crippen molar-refractivity contribution >= 4 is 27.7 Å². The summed E-state index contributed by atoms with van der Waals surface area (Å²) in [4.78, 5) is 26.5. The summed E-state index contributed by atoms with van der Waals surface area (Å²) in [5, 5.41) is 13.7. The van der Waals surface area contributed by atoms with E-state index in [4.69, 9.17) is 0 Å². The van der Waals surface area contributed by atoms with Crippen LogP contribution in [0.5, 0.6) is 0 Å². The third-order valence-electron chi connectivity index (χ3n) is 7.29. The molecule has 7 nitrogen and oxygen atoms in total. The average Bonchev–Trinajstić information content (AvgIpc) is 3.62. The van der Waals surface area contributed by atoms with Crippen LogP contribution in [0.1, 0.15) is 60.9 Å². The molecule has 2 fully saturated rings. The van der Waals surface area contributed by atoms with Crippen LogP contribution in [0.2, 0.25) is 0 Å². The number of carbonyl (C=O) groups excluding carboxylic acids is 1. The van der Waals surface area contributed by atoms with Gasteiger partial charge in [-0.15, -0.1) is 0 Å². The van der Waals surface area contributed by atoms with Crippen LogP contribution in [0.25, 0.3) is 0 Å². The van der Waals surface area contributed by atoms with Gasteiger partial charge in [-0.3, -0.25) is 4.79 Å². The normalized spacial score (nSPS) is 23.2. The van der Waals surface area contributed by atoms with Gasteiger partial charge >= 0.3 is 0 Å². The molecule has 2 aliphatic carbocycles. The highest BCUT2D eigenvalue weighted by Gasteiger charge is 2.35. The molecule has 0 spiro atoms. The van der Waals surface area contributed by atoms with Crippen LogP contribution >= 0.6 is 15.9 Å². The third-order valence-corrected chi connectivity index (χ3v) is 7.94. The number of benzene rings is 1. The summed E-state index contributed by atoms with van der Waals surface area (Å²) in [5.74, 6) is 1.04. The number of hydrogen-bond acceptors (Lipinski definition) is 6. The molecule has 5 rings (SSSR count). The van der Waals surface area contributed by atoms with Crippen LogP contribution < -0.4 is 10.2 Å². The fourth-order valence-corrected chi connectivity index (χ4v) is 5.39. The molecule has 1 saturated carbocycles. The molecule has 2 aromatic rings. The molecule has 1 aromatic carbocycles. The zero-order valence-corrected chi connectivity index (χ0v) is 21.0. The molecule has 0 radical (unpaired) electrons. The molecule has 1 aromatic heterocycles. The summed E-state index contributed by atoms with van der Waals surface area (Å²) < 4.78 is 14.7. The van der Waals surface area contributed by atoms with Crippen LogP contribution in [-0.4, -0.2) is 65.2 Å². The molecular weight excluding hydrogens is 501 g/mol. The Morgan fingerprint density at radius 3 is 2.74 bits per heavy atom. The molecule has 2 N–H and O–H groups in total. The van der Waals surface area contributed by atoms with Crippen molar-refractivity contribution in [2.24, 2.45) is 5.92 Å². The average molecular weight is 532 g/mol. The number of anilines is 1.